The molecule has 1 fully saturated rings. The van der Waals surface area contributed by atoms with E-state index in [1.54, 1.807) is 12.4 Å². The van der Waals surface area contributed by atoms with Crippen LogP contribution in [0.2, 0.25) is 0 Å². The Kier molecular flexibility index (Phi) is 5.06. The van der Waals surface area contributed by atoms with Gasteiger partial charge in [-0.2, -0.15) is 0 Å². The number of thioether (sulfide) groups is 1. The Morgan fingerprint density at radius 3 is 2.63 bits per heavy atom. The highest BCUT2D eigenvalue weighted by Crippen LogP contribution is 2.33. The molecule has 0 aliphatic carbocycles. The molecule has 1 saturated heterocycles. The van der Waals surface area contributed by atoms with E-state index >= 15 is 0 Å². The molecule has 2 aromatic heterocycles. The van der Waals surface area contributed by atoms with Crippen molar-refractivity contribution in [2.24, 2.45) is 0 Å². The monoisotopic (exact) mass is 382 g/mol. The molecule has 0 unspecified atom stereocenters. The maximum absolute atomic E-state index is 11.9. The Hall–Kier alpha value is -2.87. The summed E-state index contributed by atoms with van der Waals surface area (Å²) in [5, 5.41) is 9.10. The second kappa shape index (κ2) is 7.79. The number of hydrogen-bond donors (Lipinski definition) is 0. The topological polar surface area (TPSA) is 79.1 Å². The van der Waals surface area contributed by atoms with Gasteiger partial charge in [0.2, 0.25) is 0 Å². The Morgan fingerprint density at radius 2 is 1.96 bits per heavy atom. The van der Waals surface area contributed by atoms with E-state index in [1.165, 1.54) is 11.8 Å². The molecule has 3 heterocycles. The molecular weight excluding hydrogens is 364 g/mol. The Morgan fingerprint density at radius 1 is 1.19 bits per heavy atom. The van der Waals surface area contributed by atoms with Crippen molar-refractivity contribution in [3.05, 3.63) is 48.8 Å². The minimum Gasteiger partial charge on any atom is -0.494 e. The lowest BCUT2D eigenvalue weighted by Gasteiger charge is -2.12. The zero-order valence-corrected chi connectivity index (χ0v) is 15.6. The predicted molar refractivity (Wildman–Crippen MR) is 101 cm³/mol. The summed E-state index contributed by atoms with van der Waals surface area (Å²) < 4.78 is 12.6. The molecule has 138 valence electrons. The summed E-state index contributed by atoms with van der Waals surface area (Å²) in [7, 11) is 0. The van der Waals surface area contributed by atoms with Gasteiger partial charge in [0.1, 0.15) is 11.0 Å². The van der Waals surface area contributed by atoms with E-state index in [0.29, 0.717) is 30.6 Å². The molecular formula is C19H18N4O3S. The van der Waals surface area contributed by atoms with Crippen molar-refractivity contribution in [1.82, 2.24) is 19.7 Å². The number of benzene rings is 1. The highest BCUT2D eigenvalue weighted by molar-refractivity contribution is 8.00. The zero-order chi connectivity index (χ0) is 18.6. The van der Waals surface area contributed by atoms with Gasteiger partial charge < -0.3 is 9.47 Å². The average molecular weight is 382 g/mol. The predicted octanol–water partition coefficient (Wildman–Crippen LogP) is 3.14. The van der Waals surface area contributed by atoms with Crippen molar-refractivity contribution in [3.8, 4) is 22.8 Å². The van der Waals surface area contributed by atoms with Crippen molar-refractivity contribution in [1.29, 1.82) is 0 Å². The van der Waals surface area contributed by atoms with Crippen LogP contribution in [0.3, 0.4) is 0 Å². The lowest BCUT2D eigenvalue weighted by Crippen LogP contribution is -2.11. The Balaban J connectivity index is 1.75. The van der Waals surface area contributed by atoms with E-state index in [4.69, 9.17) is 9.47 Å². The first kappa shape index (κ1) is 17.5. The van der Waals surface area contributed by atoms with E-state index in [1.807, 2.05) is 47.9 Å². The van der Waals surface area contributed by atoms with Crippen LogP contribution in [0.4, 0.5) is 0 Å². The summed E-state index contributed by atoms with van der Waals surface area (Å²) in [4.78, 5) is 16.0. The van der Waals surface area contributed by atoms with Crippen LogP contribution in [0.25, 0.3) is 17.1 Å². The van der Waals surface area contributed by atoms with Crippen LogP contribution in [-0.4, -0.2) is 44.2 Å². The van der Waals surface area contributed by atoms with E-state index < -0.39 is 0 Å². The third kappa shape index (κ3) is 3.66. The number of rotatable bonds is 6. The van der Waals surface area contributed by atoms with Crippen molar-refractivity contribution >= 4 is 17.7 Å². The van der Waals surface area contributed by atoms with E-state index in [9.17, 15) is 4.79 Å². The van der Waals surface area contributed by atoms with Crippen LogP contribution in [0.1, 0.15) is 13.3 Å². The van der Waals surface area contributed by atoms with Crippen LogP contribution in [0.5, 0.6) is 5.75 Å². The molecule has 0 amide bonds. The molecule has 8 heteroatoms. The maximum Gasteiger partial charge on any atom is 0.319 e. The van der Waals surface area contributed by atoms with Crippen molar-refractivity contribution < 1.29 is 14.3 Å². The molecule has 0 radical (unpaired) electrons. The summed E-state index contributed by atoms with van der Waals surface area (Å²) >= 11 is 1.38. The molecule has 1 aliphatic heterocycles. The highest BCUT2D eigenvalue weighted by Gasteiger charge is 2.30. The number of hydrogen-bond acceptors (Lipinski definition) is 7. The molecule has 7 nitrogen and oxygen atoms in total. The van der Waals surface area contributed by atoms with Gasteiger partial charge in [0, 0.05) is 30.1 Å². The van der Waals surface area contributed by atoms with Gasteiger partial charge in [0.15, 0.2) is 11.0 Å². The first-order valence-corrected chi connectivity index (χ1v) is 9.56. The number of ether oxygens (including phenoxy) is 2. The zero-order valence-electron chi connectivity index (χ0n) is 14.7. The number of esters is 1. The number of nitrogens with zero attached hydrogens (tertiary/aromatic N) is 4. The fraction of sp³-hybridized carbons (Fsp3) is 0.263. The number of aromatic nitrogens is 4. The fourth-order valence-electron chi connectivity index (χ4n) is 2.84. The highest BCUT2D eigenvalue weighted by atomic mass is 32.2. The molecule has 0 saturated carbocycles. The molecule has 3 aromatic rings. The SMILES string of the molecule is CCOc1ccc(-n2c(S[C@@H]3CCOC3=O)nnc2-c2ccncc2)cc1. The fourth-order valence-corrected chi connectivity index (χ4v) is 3.85. The van der Waals surface area contributed by atoms with E-state index in [0.717, 1.165) is 17.0 Å². The molecule has 1 aliphatic rings. The molecule has 1 aromatic carbocycles. The number of carbonyl (C=O) groups excluding carboxylic acids is 1. The molecule has 0 spiro atoms. The largest absolute Gasteiger partial charge is 0.494 e. The van der Waals surface area contributed by atoms with Crippen LogP contribution in [-0.2, 0) is 9.53 Å². The minimum absolute atomic E-state index is 0.202. The van der Waals surface area contributed by atoms with Gasteiger partial charge in [-0.25, -0.2) is 0 Å². The normalized spacial score (nSPS) is 16.3. The minimum atomic E-state index is -0.263. The van der Waals surface area contributed by atoms with Gasteiger partial charge in [0.05, 0.1) is 13.2 Å². The van der Waals surface area contributed by atoms with Crippen molar-refractivity contribution in [3.63, 3.8) is 0 Å². The first-order chi connectivity index (χ1) is 13.3. The van der Waals surface area contributed by atoms with Gasteiger partial charge in [-0.3, -0.25) is 14.3 Å². The average Bonchev–Trinajstić information content (AvgIpc) is 3.30. The second-order valence-electron chi connectivity index (χ2n) is 5.87. The van der Waals surface area contributed by atoms with Gasteiger partial charge in [0.25, 0.3) is 0 Å². The lowest BCUT2D eigenvalue weighted by atomic mass is 10.2. The quantitative estimate of drug-likeness (QED) is 0.606. The van der Waals surface area contributed by atoms with Crippen molar-refractivity contribution in [2.75, 3.05) is 13.2 Å². The summed E-state index contributed by atoms with van der Waals surface area (Å²) in [6.07, 6.45) is 4.10. The Bertz CT molecular complexity index is 928. The van der Waals surface area contributed by atoms with Gasteiger partial charge in [-0.15, -0.1) is 10.2 Å². The third-order valence-electron chi connectivity index (χ3n) is 4.11. The molecule has 0 bridgehead atoms. The summed E-state index contributed by atoms with van der Waals surface area (Å²) in [5.74, 6) is 1.29. The molecule has 27 heavy (non-hydrogen) atoms. The smallest absolute Gasteiger partial charge is 0.319 e. The summed E-state index contributed by atoms with van der Waals surface area (Å²) in [6.45, 7) is 3.01. The van der Waals surface area contributed by atoms with Crippen molar-refractivity contribution in [2.45, 2.75) is 23.8 Å². The Labute approximate surface area is 160 Å². The maximum atomic E-state index is 11.9. The summed E-state index contributed by atoms with van der Waals surface area (Å²) in [6, 6.07) is 11.5. The first-order valence-electron chi connectivity index (χ1n) is 8.68. The van der Waals surface area contributed by atoms with Crippen LogP contribution >= 0.6 is 11.8 Å². The van der Waals surface area contributed by atoms with Crippen LogP contribution in [0.15, 0.2) is 53.9 Å². The van der Waals surface area contributed by atoms with Crippen LogP contribution in [0, 0.1) is 0 Å². The second-order valence-corrected chi connectivity index (χ2v) is 7.04. The van der Waals surface area contributed by atoms with Gasteiger partial charge in [-0.1, -0.05) is 11.8 Å². The number of carbonyl (C=O) groups is 1. The number of cyclic esters (lactones) is 1. The van der Waals surface area contributed by atoms with Crippen LogP contribution < -0.4 is 4.74 Å². The van der Waals surface area contributed by atoms with Gasteiger partial charge >= 0.3 is 5.97 Å². The number of pyridine rings is 1. The molecule has 4 rings (SSSR count). The van der Waals surface area contributed by atoms with E-state index in [2.05, 4.69) is 15.2 Å². The molecule has 1 atom stereocenters. The third-order valence-corrected chi connectivity index (χ3v) is 5.30. The standard InChI is InChI=1S/C19H18N4O3S/c1-2-25-15-5-3-14(4-6-15)23-17(13-7-10-20-11-8-13)21-22-19(23)27-16-9-12-26-18(16)24/h3-8,10-11,16H,2,9,12H2,1H3/t16-/m1/s1. The van der Waals surface area contributed by atoms with E-state index in [-0.39, 0.29) is 11.2 Å². The summed E-state index contributed by atoms with van der Waals surface area (Å²) in [5.41, 5.74) is 1.79. The lowest BCUT2D eigenvalue weighted by molar-refractivity contribution is -0.137. The molecule has 0 N–H and O–H groups in total. The van der Waals surface area contributed by atoms with Gasteiger partial charge in [-0.05, 0) is 43.3 Å².